The minimum absolute atomic E-state index is 0.0161. The van der Waals surface area contributed by atoms with Gasteiger partial charge < -0.3 is 5.32 Å². The van der Waals surface area contributed by atoms with E-state index < -0.39 is 0 Å². The molecule has 0 aliphatic carbocycles. The molecule has 0 radical (unpaired) electrons. The summed E-state index contributed by atoms with van der Waals surface area (Å²) in [6.45, 7) is 3.62. The van der Waals surface area contributed by atoms with Gasteiger partial charge in [0, 0.05) is 11.3 Å². The fraction of sp³-hybridized carbons (Fsp3) is 0.250. The summed E-state index contributed by atoms with van der Waals surface area (Å²) in [5.74, 6) is -0.266. The third-order valence-corrected chi connectivity index (χ3v) is 3.55. The maximum atomic E-state index is 12.1. The van der Waals surface area contributed by atoms with Crippen molar-refractivity contribution < 1.29 is 14.9 Å². The van der Waals surface area contributed by atoms with Crippen LogP contribution in [0.2, 0.25) is 0 Å². The molecule has 2 aromatic rings. The van der Waals surface area contributed by atoms with E-state index in [4.69, 9.17) is 5.26 Å². The Hall–Kier alpha value is -1.83. The van der Waals surface area contributed by atoms with Gasteiger partial charge in [-0.1, -0.05) is 16.6 Å². The van der Waals surface area contributed by atoms with E-state index in [0.29, 0.717) is 16.3 Å². The van der Waals surface area contributed by atoms with E-state index in [1.54, 1.807) is 13.0 Å². The van der Waals surface area contributed by atoms with Crippen molar-refractivity contribution in [1.82, 2.24) is 9.59 Å². The van der Waals surface area contributed by atoms with Crippen LogP contribution in [0.4, 0.5) is 5.69 Å². The smallest absolute Gasteiger partial charge is 0.269 e. The van der Waals surface area contributed by atoms with Crippen LogP contribution in [0.3, 0.4) is 0 Å². The Morgan fingerprint density at radius 3 is 2.89 bits per heavy atom. The standard InChI is InChI=1S/C12H13N3O3S/c1-7-4-3-5-10(9(7)6-18-17)13-12(16)11-8(2)14-15-19-11/h3-5,17H,6H2,1-2H3,(H,13,16). The first-order valence-electron chi connectivity index (χ1n) is 5.58. The number of hydrogen-bond donors (Lipinski definition) is 2. The maximum absolute atomic E-state index is 12.1. The maximum Gasteiger partial charge on any atom is 0.269 e. The molecule has 0 spiro atoms. The first-order chi connectivity index (χ1) is 9.13. The van der Waals surface area contributed by atoms with Crippen LogP contribution in [-0.2, 0) is 11.5 Å². The highest BCUT2D eigenvalue weighted by Gasteiger charge is 2.15. The minimum atomic E-state index is -0.266. The quantitative estimate of drug-likeness (QED) is 0.663. The second kappa shape index (κ2) is 5.87. The van der Waals surface area contributed by atoms with Gasteiger partial charge in [-0.3, -0.25) is 10.1 Å². The van der Waals surface area contributed by atoms with E-state index in [1.807, 2.05) is 19.1 Å². The molecule has 0 aliphatic heterocycles. The Morgan fingerprint density at radius 1 is 1.47 bits per heavy atom. The van der Waals surface area contributed by atoms with Crippen LogP contribution < -0.4 is 5.32 Å². The number of nitrogens with zero attached hydrogens (tertiary/aromatic N) is 2. The fourth-order valence-electron chi connectivity index (χ4n) is 1.69. The molecule has 0 bridgehead atoms. The summed E-state index contributed by atoms with van der Waals surface area (Å²) in [6.07, 6.45) is 0. The summed E-state index contributed by atoms with van der Waals surface area (Å²) in [7, 11) is 0. The predicted molar refractivity (Wildman–Crippen MR) is 71.2 cm³/mol. The van der Waals surface area contributed by atoms with Crippen LogP contribution in [0.5, 0.6) is 0 Å². The molecule has 0 fully saturated rings. The number of aryl methyl sites for hydroxylation is 2. The number of benzene rings is 1. The Labute approximate surface area is 114 Å². The van der Waals surface area contributed by atoms with Gasteiger partial charge in [-0.2, -0.15) is 0 Å². The van der Waals surface area contributed by atoms with Crippen molar-refractivity contribution in [3.63, 3.8) is 0 Å². The van der Waals surface area contributed by atoms with Gasteiger partial charge in [0.15, 0.2) is 0 Å². The van der Waals surface area contributed by atoms with E-state index in [1.165, 1.54) is 0 Å². The van der Waals surface area contributed by atoms with Crippen molar-refractivity contribution >= 4 is 23.1 Å². The summed E-state index contributed by atoms with van der Waals surface area (Å²) in [5, 5.41) is 15.2. The predicted octanol–water partition coefficient (Wildman–Crippen LogP) is 2.40. The van der Waals surface area contributed by atoms with Gasteiger partial charge in [-0.15, -0.1) is 5.10 Å². The van der Waals surface area contributed by atoms with E-state index in [0.717, 1.165) is 22.7 Å². The van der Waals surface area contributed by atoms with Gasteiger partial charge in [-0.05, 0) is 37.0 Å². The van der Waals surface area contributed by atoms with Gasteiger partial charge >= 0.3 is 0 Å². The molecule has 0 saturated heterocycles. The van der Waals surface area contributed by atoms with Crippen molar-refractivity contribution in [1.29, 1.82) is 0 Å². The van der Waals surface area contributed by atoms with Crippen molar-refractivity contribution in [3.8, 4) is 0 Å². The minimum Gasteiger partial charge on any atom is -0.321 e. The molecule has 1 heterocycles. The molecule has 2 rings (SSSR count). The van der Waals surface area contributed by atoms with Crippen molar-refractivity contribution in [2.24, 2.45) is 0 Å². The van der Waals surface area contributed by atoms with Crippen LogP contribution in [0.15, 0.2) is 18.2 Å². The lowest BCUT2D eigenvalue weighted by atomic mass is 10.1. The third kappa shape index (κ3) is 2.95. The summed E-state index contributed by atoms with van der Waals surface area (Å²) in [5.41, 5.74) is 2.85. The number of anilines is 1. The molecule has 2 N–H and O–H groups in total. The van der Waals surface area contributed by atoms with Crippen LogP contribution in [-0.4, -0.2) is 20.8 Å². The second-order valence-electron chi connectivity index (χ2n) is 4.02. The molecule has 7 heteroatoms. The molecule has 100 valence electrons. The van der Waals surface area contributed by atoms with Crippen molar-refractivity contribution in [3.05, 3.63) is 39.9 Å². The zero-order valence-corrected chi connectivity index (χ0v) is 11.3. The summed E-state index contributed by atoms with van der Waals surface area (Å²) < 4.78 is 3.73. The molecule has 0 aliphatic rings. The third-order valence-electron chi connectivity index (χ3n) is 2.73. The van der Waals surface area contributed by atoms with Crippen LogP contribution >= 0.6 is 11.5 Å². The van der Waals surface area contributed by atoms with Crippen LogP contribution in [0.25, 0.3) is 0 Å². The molecule has 1 amide bonds. The highest BCUT2D eigenvalue weighted by atomic mass is 32.1. The van der Waals surface area contributed by atoms with Crippen molar-refractivity contribution in [2.75, 3.05) is 5.32 Å². The van der Waals surface area contributed by atoms with E-state index in [9.17, 15) is 4.79 Å². The summed E-state index contributed by atoms with van der Waals surface area (Å²) in [6, 6.07) is 5.45. The number of carbonyl (C=O) groups is 1. The lowest BCUT2D eigenvalue weighted by Gasteiger charge is -2.11. The molecule has 0 saturated carbocycles. The number of amides is 1. The number of nitrogens with one attached hydrogen (secondary N) is 1. The van der Waals surface area contributed by atoms with Gasteiger partial charge in [0.1, 0.15) is 11.5 Å². The number of carbonyl (C=O) groups excluding carboxylic acids is 1. The SMILES string of the molecule is Cc1cccc(NC(=O)c2snnc2C)c1COO. The average Bonchev–Trinajstić information content (AvgIpc) is 2.80. The second-order valence-corrected chi connectivity index (χ2v) is 4.77. The monoisotopic (exact) mass is 279 g/mol. The molecular formula is C12H13N3O3S. The summed E-state index contributed by atoms with van der Waals surface area (Å²) in [4.78, 5) is 16.7. The normalized spacial score (nSPS) is 10.5. The largest absolute Gasteiger partial charge is 0.321 e. The zero-order valence-electron chi connectivity index (χ0n) is 10.5. The van der Waals surface area contributed by atoms with Gasteiger partial charge in [-0.25, -0.2) is 4.89 Å². The number of aromatic nitrogens is 2. The van der Waals surface area contributed by atoms with Gasteiger partial charge in [0.25, 0.3) is 5.91 Å². The van der Waals surface area contributed by atoms with Gasteiger partial charge in [0.05, 0.1) is 5.69 Å². The first kappa shape index (κ1) is 13.6. The Bertz CT molecular complexity index is 598. The average molecular weight is 279 g/mol. The molecular weight excluding hydrogens is 266 g/mol. The van der Waals surface area contributed by atoms with Crippen LogP contribution in [0, 0.1) is 13.8 Å². The van der Waals surface area contributed by atoms with Crippen LogP contribution in [0.1, 0.15) is 26.5 Å². The van der Waals surface area contributed by atoms with E-state index in [-0.39, 0.29) is 12.5 Å². The first-order valence-corrected chi connectivity index (χ1v) is 6.36. The lowest BCUT2D eigenvalue weighted by Crippen LogP contribution is -2.13. The number of hydrogen-bond acceptors (Lipinski definition) is 6. The molecule has 19 heavy (non-hydrogen) atoms. The molecule has 0 unspecified atom stereocenters. The molecule has 1 aromatic heterocycles. The van der Waals surface area contributed by atoms with E-state index in [2.05, 4.69) is 19.8 Å². The molecule has 6 nitrogen and oxygen atoms in total. The topological polar surface area (TPSA) is 84.3 Å². The van der Waals surface area contributed by atoms with E-state index >= 15 is 0 Å². The zero-order chi connectivity index (χ0) is 13.8. The number of rotatable bonds is 4. The van der Waals surface area contributed by atoms with Crippen molar-refractivity contribution in [2.45, 2.75) is 20.5 Å². The molecule has 1 aromatic carbocycles. The fourth-order valence-corrected chi connectivity index (χ4v) is 2.25. The highest BCUT2D eigenvalue weighted by Crippen LogP contribution is 2.22. The molecule has 0 atom stereocenters. The Morgan fingerprint density at radius 2 is 2.26 bits per heavy atom. The summed E-state index contributed by atoms with van der Waals surface area (Å²) >= 11 is 1.05. The van der Waals surface area contributed by atoms with Gasteiger partial charge in [0.2, 0.25) is 0 Å². The lowest BCUT2D eigenvalue weighted by molar-refractivity contribution is -0.252. The highest BCUT2D eigenvalue weighted by molar-refractivity contribution is 7.08. The Balaban J connectivity index is 2.26. The Kier molecular flexibility index (Phi) is 4.20.